The molecule has 6 heteroatoms. The first-order chi connectivity index (χ1) is 10.3. The Morgan fingerprint density at radius 1 is 1.09 bits per heavy atom. The van der Waals surface area contributed by atoms with E-state index in [-0.39, 0.29) is 12.2 Å². The third kappa shape index (κ3) is 4.03. The average molecular weight is 524 g/mol. The number of aryl methyl sites for hydroxylation is 2. The van der Waals surface area contributed by atoms with Gasteiger partial charge < -0.3 is 14.9 Å². The van der Waals surface area contributed by atoms with Gasteiger partial charge in [0, 0.05) is 0 Å². The van der Waals surface area contributed by atoms with Gasteiger partial charge in [-0.1, -0.05) is 6.07 Å². The Bertz CT molecular complexity index is 695. The highest BCUT2D eigenvalue weighted by Gasteiger charge is 2.12. The first-order valence-electron chi connectivity index (χ1n) is 6.45. The van der Waals surface area contributed by atoms with Crippen LogP contribution in [-0.4, -0.2) is 16.2 Å². The summed E-state index contributed by atoms with van der Waals surface area (Å²) in [5, 5.41) is 18.7. The minimum Gasteiger partial charge on any atom is -0.507 e. The van der Waals surface area contributed by atoms with Gasteiger partial charge in [-0.25, -0.2) is 0 Å². The van der Waals surface area contributed by atoms with Crippen molar-refractivity contribution in [2.75, 3.05) is 0 Å². The first-order valence-corrected chi connectivity index (χ1v) is 8.61. The van der Waals surface area contributed by atoms with Gasteiger partial charge in [0.15, 0.2) is 0 Å². The van der Waals surface area contributed by atoms with E-state index in [1.54, 1.807) is 12.1 Å². The SMILES string of the molecule is Cc1cc(Oc2c(C)cc(CC(=O)O)cc2I)cc(I)c1O. The van der Waals surface area contributed by atoms with E-state index in [1.807, 2.05) is 26.0 Å². The number of rotatable bonds is 4. The van der Waals surface area contributed by atoms with E-state index >= 15 is 0 Å². The van der Waals surface area contributed by atoms with E-state index in [0.717, 1.165) is 23.8 Å². The van der Waals surface area contributed by atoms with E-state index in [9.17, 15) is 9.90 Å². The number of carbonyl (C=O) groups is 1. The number of aromatic hydroxyl groups is 1. The van der Waals surface area contributed by atoms with E-state index in [1.165, 1.54) is 0 Å². The van der Waals surface area contributed by atoms with Gasteiger partial charge in [0.05, 0.1) is 13.6 Å². The van der Waals surface area contributed by atoms with Crippen molar-refractivity contribution >= 4 is 51.2 Å². The van der Waals surface area contributed by atoms with Gasteiger partial charge in [0.1, 0.15) is 17.2 Å². The van der Waals surface area contributed by atoms with Gasteiger partial charge in [-0.15, -0.1) is 0 Å². The molecule has 0 aliphatic heterocycles. The quantitative estimate of drug-likeness (QED) is 0.573. The maximum atomic E-state index is 10.8. The number of hydrogen-bond acceptors (Lipinski definition) is 3. The van der Waals surface area contributed by atoms with E-state index < -0.39 is 5.97 Å². The standard InChI is InChI=1S/C16H14I2O4/c1-8-4-11(7-12(17)15(8)21)22-16-9(2)3-10(5-13(16)18)6-14(19)20/h3-5,7,21H,6H2,1-2H3,(H,19,20). The molecule has 0 saturated carbocycles. The number of aliphatic carboxylic acids is 1. The number of carboxylic acids is 1. The fourth-order valence-electron chi connectivity index (χ4n) is 2.09. The van der Waals surface area contributed by atoms with Gasteiger partial charge in [-0.05, 0) is 93.9 Å². The molecule has 2 aromatic carbocycles. The maximum absolute atomic E-state index is 10.8. The van der Waals surface area contributed by atoms with E-state index in [0.29, 0.717) is 11.5 Å². The lowest BCUT2D eigenvalue weighted by molar-refractivity contribution is -0.136. The molecule has 2 N–H and O–H groups in total. The van der Waals surface area contributed by atoms with Crippen molar-refractivity contribution in [3.63, 3.8) is 0 Å². The zero-order valence-electron chi connectivity index (χ0n) is 12.0. The molecule has 116 valence electrons. The van der Waals surface area contributed by atoms with Crippen LogP contribution in [0.3, 0.4) is 0 Å². The van der Waals surface area contributed by atoms with Crippen LogP contribution in [0.15, 0.2) is 24.3 Å². The lowest BCUT2D eigenvalue weighted by atomic mass is 10.1. The molecule has 0 radical (unpaired) electrons. The fraction of sp³-hybridized carbons (Fsp3) is 0.188. The van der Waals surface area contributed by atoms with Crippen molar-refractivity contribution in [3.8, 4) is 17.2 Å². The predicted molar refractivity (Wildman–Crippen MR) is 101 cm³/mol. The smallest absolute Gasteiger partial charge is 0.307 e. The lowest BCUT2D eigenvalue weighted by Gasteiger charge is -2.14. The van der Waals surface area contributed by atoms with Crippen molar-refractivity contribution in [1.82, 2.24) is 0 Å². The highest BCUT2D eigenvalue weighted by molar-refractivity contribution is 14.1. The first kappa shape index (κ1) is 17.3. The van der Waals surface area contributed by atoms with Crippen LogP contribution in [0, 0.1) is 21.0 Å². The molecule has 0 spiro atoms. The second-order valence-corrected chi connectivity index (χ2v) is 7.29. The number of phenolic OH excluding ortho intramolecular Hbond substituents is 1. The molecule has 0 fully saturated rings. The zero-order chi connectivity index (χ0) is 16.4. The lowest BCUT2D eigenvalue weighted by Crippen LogP contribution is -2.02. The van der Waals surface area contributed by atoms with Crippen LogP contribution in [0.5, 0.6) is 17.2 Å². The Balaban J connectivity index is 2.36. The molecular weight excluding hydrogens is 510 g/mol. The van der Waals surface area contributed by atoms with Gasteiger partial charge in [-0.3, -0.25) is 4.79 Å². The molecule has 0 aliphatic rings. The minimum absolute atomic E-state index is 0.00661. The number of benzene rings is 2. The summed E-state index contributed by atoms with van der Waals surface area (Å²) in [5.41, 5.74) is 2.37. The summed E-state index contributed by atoms with van der Waals surface area (Å²) in [6.45, 7) is 3.71. The molecule has 0 unspecified atom stereocenters. The Kier molecular flexibility index (Phi) is 5.54. The third-order valence-corrected chi connectivity index (χ3v) is 4.72. The van der Waals surface area contributed by atoms with Crippen LogP contribution >= 0.6 is 45.2 Å². The van der Waals surface area contributed by atoms with Crippen molar-refractivity contribution in [1.29, 1.82) is 0 Å². The summed E-state index contributed by atoms with van der Waals surface area (Å²) >= 11 is 4.20. The molecular formula is C16H14I2O4. The van der Waals surface area contributed by atoms with Crippen LogP contribution in [0.1, 0.15) is 16.7 Å². The Labute approximate surface area is 155 Å². The molecule has 4 nitrogen and oxygen atoms in total. The van der Waals surface area contributed by atoms with Gasteiger partial charge in [0.25, 0.3) is 0 Å². The Morgan fingerprint density at radius 2 is 1.77 bits per heavy atom. The molecule has 0 aromatic heterocycles. The summed E-state index contributed by atoms with van der Waals surface area (Å²) in [7, 11) is 0. The van der Waals surface area contributed by atoms with Crippen LogP contribution in [0.4, 0.5) is 0 Å². The zero-order valence-corrected chi connectivity index (χ0v) is 16.3. The second-order valence-electron chi connectivity index (χ2n) is 4.97. The Morgan fingerprint density at radius 3 is 2.32 bits per heavy atom. The molecule has 0 aliphatic carbocycles. The summed E-state index contributed by atoms with van der Waals surface area (Å²) < 4.78 is 7.53. The summed E-state index contributed by atoms with van der Waals surface area (Å²) in [4.78, 5) is 10.8. The van der Waals surface area contributed by atoms with Gasteiger partial charge >= 0.3 is 5.97 Å². The number of halogens is 2. The normalized spacial score (nSPS) is 10.5. The van der Waals surface area contributed by atoms with E-state index in [4.69, 9.17) is 9.84 Å². The average Bonchev–Trinajstić information content (AvgIpc) is 2.39. The van der Waals surface area contributed by atoms with Gasteiger partial charge in [-0.2, -0.15) is 0 Å². The maximum Gasteiger partial charge on any atom is 0.307 e. The molecule has 0 amide bonds. The molecule has 0 saturated heterocycles. The predicted octanol–water partition coefficient (Wildman–Crippen LogP) is 4.64. The second kappa shape index (κ2) is 7.03. The molecule has 2 aromatic rings. The topological polar surface area (TPSA) is 66.8 Å². The van der Waals surface area contributed by atoms with Crippen molar-refractivity contribution in [2.24, 2.45) is 0 Å². The molecule has 2 rings (SSSR count). The molecule has 0 heterocycles. The number of ether oxygens (including phenoxy) is 1. The number of carboxylic acid groups (broad SMARTS) is 1. The monoisotopic (exact) mass is 524 g/mol. The van der Waals surface area contributed by atoms with Crippen molar-refractivity contribution in [2.45, 2.75) is 20.3 Å². The highest BCUT2D eigenvalue weighted by Crippen LogP contribution is 2.35. The summed E-state index contributed by atoms with van der Waals surface area (Å²) in [6, 6.07) is 7.18. The van der Waals surface area contributed by atoms with Crippen LogP contribution in [-0.2, 0) is 11.2 Å². The van der Waals surface area contributed by atoms with Crippen molar-refractivity contribution < 1.29 is 19.7 Å². The van der Waals surface area contributed by atoms with Crippen LogP contribution in [0.2, 0.25) is 0 Å². The van der Waals surface area contributed by atoms with Crippen LogP contribution in [0.25, 0.3) is 0 Å². The Hall–Kier alpha value is -1.03. The summed E-state index contributed by atoms with van der Waals surface area (Å²) in [6.07, 6.45) is -0.00661. The van der Waals surface area contributed by atoms with Gasteiger partial charge in [0.2, 0.25) is 0 Å². The number of hydrogen-bond donors (Lipinski definition) is 2. The molecule has 22 heavy (non-hydrogen) atoms. The van der Waals surface area contributed by atoms with E-state index in [2.05, 4.69) is 45.2 Å². The fourth-order valence-corrected chi connectivity index (χ4v) is 3.76. The highest BCUT2D eigenvalue weighted by atomic mass is 127. The molecule has 0 bridgehead atoms. The number of phenols is 1. The largest absolute Gasteiger partial charge is 0.507 e. The molecule has 0 atom stereocenters. The summed E-state index contributed by atoms with van der Waals surface area (Å²) in [5.74, 6) is 0.756. The van der Waals surface area contributed by atoms with Crippen LogP contribution < -0.4 is 4.74 Å². The van der Waals surface area contributed by atoms with Crippen molar-refractivity contribution in [3.05, 3.63) is 48.1 Å². The minimum atomic E-state index is -0.854. The third-order valence-electron chi connectivity index (χ3n) is 3.09.